The maximum atomic E-state index is 12.5. The Kier molecular flexibility index (Phi) is 14.2. The van der Waals surface area contributed by atoms with Gasteiger partial charge in [0.1, 0.15) is 17.4 Å². The fraction of sp³-hybridized carbons (Fsp3) is 0.341. The molecule has 2 fully saturated rings. The van der Waals surface area contributed by atoms with Gasteiger partial charge in [0.25, 0.3) is 17.6 Å². The van der Waals surface area contributed by atoms with Crippen molar-refractivity contribution in [2.24, 2.45) is 0 Å². The van der Waals surface area contributed by atoms with Crippen LogP contribution in [-0.4, -0.2) is 65.8 Å². The molecule has 8 rings (SSSR count). The lowest BCUT2D eigenvalue weighted by atomic mass is 9.93. The van der Waals surface area contributed by atoms with Gasteiger partial charge in [0, 0.05) is 67.5 Å². The molecule has 56 heavy (non-hydrogen) atoms. The number of aliphatic hydroxyl groups excluding tert-OH is 1. The van der Waals surface area contributed by atoms with Gasteiger partial charge in [0.05, 0.1) is 6.10 Å². The minimum atomic E-state index is -0.253. The highest BCUT2D eigenvalue weighted by atomic mass is 35.5. The van der Waals surface area contributed by atoms with Gasteiger partial charge >= 0.3 is 0 Å². The Labute approximate surface area is 334 Å². The van der Waals surface area contributed by atoms with Crippen LogP contribution in [0, 0.1) is 0 Å². The summed E-state index contributed by atoms with van der Waals surface area (Å²) in [5.41, 5.74) is 2.79. The van der Waals surface area contributed by atoms with E-state index in [1.807, 2.05) is 30.3 Å². The highest BCUT2D eigenvalue weighted by Gasteiger charge is 2.23. The molecule has 0 amide bonds. The third-order valence-corrected chi connectivity index (χ3v) is 10.5. The summed E-state index contributed by atoms with van der Waals surface area (Å²) in [4.78, 5) is 58.8. The summed E-state index contributed by atoms with van der Waals surface area (Å²) < 4.78 is 5.02. The summed E-state index contributed by atoms with van der Waals surface area (Å²) in [5, 5.41) is 18.7. The van der Waals surface area contributed by atoms with Crippen LogP contribution in [0.1, 0.15) is 66.2 Å². The number of hydrogen-bond donors (Lipinski definition) is 5. The molecule has 4 aromatic heterocycles. The first-order valence-electron chi connectivity index (χ1n) is 17.8. The van der Waals surface area contributed by atoms with Crippen molar-refractivity contribution >= 4 is 63.6 Å². The lowest BCUT2D eigenvalue weighted by Gasteiger charge is -2.27. The standard InChI is InChI=1S/C20H19ClN4O3.C19H19ClN4O2.2CH4/c21-17-4-2-1-3-15(17)16-9-12-10-22-20(25-18(12)24-19(16)27)23-13-5-7-14(8-6-13)28-11-26;20-16-4-2-1-3-14(16)15-9-11-10-21-19(24-17(11)23-18(15)26)22-12-5-7-13(25)8-6-12;;/h1-4,9-11,13-14H,5-8H2,(H2,22,23,24,25,27);1-4,9-10,12-13,25H,5-8H2,(H2,21,22,23,24,26);2*1H4. The van der Waals surface area contributed by atoms with Gasteiger partial charge in [-0.2, -0.15) is 9.97 Å². The van der Waals surface area contributed by atoms with E-state index in [2.05, 4.69) is 40.5 Å². The van der Waals surface area contributed by atoms with E-state index in [9.17, 15) is 19.5 Å². The van der Waals surface area contributed by atoms with Crippen LogP contribution in [0.4, 0.5) is 11.9 Å². The number of aliphatic hydroxyl groups is 1. The Bertz CT molecular complexity index is 2390. The minimum absolute atomic E-state index is 0. The Balaban J connectivity index is 0.000000207. The van der Waals surface area contributed by atoms with E-state index in [0.717, 1.165) is 62.1 Å². The van der Waals surface area contributed by atoms with Gasteiger partial charge in [-0.25, -0.2) is 9.97 Å². The number of rotatable bonds is 8. The molecule has 5 N–H and O–H groups in total. The molecule has 0 spiro atoms. The first-order chi connectivity index (χ1) is 26.2. The zero-order chi connectivity index (χ0) is 37.6. The highest BCUT2D eigenvalue weighted by Crippen LogP contribution is 2.29. The number of benzene rings is 2. The fourth-order valence-corrected chi connectivity index (χ4v) is 7.37. The quantitative estimate of drug-likeness (QED) is 0.0935. The Morgan fingerprint density at radius 3 is 1.52 bits per heavy atom. The van der Waals surface area contributed by atoms with Gasteiger partial charge in [0.15, 0.2) is 0 Å². The first-order valence-corrected chi connectivity index (χ1v) is 18.6. The van der Waals surface area contributed by atoms with Crippen LogP contribution in [0.15, 0.2) is 82.6 Å². The summed E-state index contributed by atoms with van der Waals surface area (Å²) in [7, 11) is 0. The van der Waals surface area contributed by atoms with Crippen LogP contribution in [0.25, 0.3) is 44.3 Å². The molecule has 2 aromatic carbocycles. The van der Waals surface area contributed by atoms with Crippen molar-refractivity contribution in [3.8, 4) is 22.3 Å². The number of nitrogens with one attached hydrogen (secondary N) is 4. The predicted molar refractivity (Wildman–Crippen MR) is 223 cm³/mol. The third-order valence-electron chi connectivity index (χ3n) is 9.80. The summed E-state index contributed by atoms with van der Waals surface area (Å²) in [6.07, 6.45) is 9.83. The molecule has 4 heterocycles. The third kappa shape index (κ3) is 9.89. The van der Waals surface area contributed by atoms with Crippen LogP contribution in [0.2, 0.25) is 10.0 Å². The predicted octanol–water partition coefficient (Wildman–Crippen LogP) is 8.16. The number of halogens is 2. The van der Waals surface area contributed by atoms with E-state index in [0.29, 0.717) is 62.0 Å². The Hall–Kier alpha value is -5.37. The summed E-state index contributed by atoms with van der Waals surface area (Å²) >= 11 is 12.4. The molecular formula is C41H46Cl2N8O5. The molecule has 6 aromatic rings. The topological polar surface area (TPSA) is 188 Å². The second-order valence-corrected chi connectivity index (χ2v) is 14.3. The van der Waals surface area contributed by atoms with Gasteiger partial charge in [0.2, 0.25) is 11.9 Å². The van der Waals surface area contributed by atoms with Gasteiger partial charge in [-0.15, -0.1) is 0 Å². The molecule has 0 atom stereocenters. The maximum Gasteiger partial charge on any atom is 0.293 e. The van der Waals surface area contributed by atoms with Crippen molar-refractivity contribution < 1.29 is 14.6 Å². The average Bonchev–Trinajstić information content (AvgIpc) is 3.17. The van der Waals surface area contributed by atoms with Gasteiger partial charge < -0.3 is 30.4 Å². The normalized spacial score (nSPS) is 19.1. The number of anilines is 2. The molecule has 0 unspecified atom stereocenters. The molecule has 13 nitrogen and oxygen atoms in total. The molecule has 2 aliphatic carbocycles. The van der Waals surface area contributed by atoms with Crippen molar-refractivity contribution in [2.75, 3.05) is 10.6 Å². The van der Waals surface area contributed by atoms with Gasteiger partial charge in [-0.1, -0.05) is 74.5 Å². The SMILES string of the molecule is C.C.O=COC1CCC(Nc2ncc3cc(-c4ccccc4Cl)c(=O)[nH]c3n2)CC1.O=c1[nH]c2nc(NC3CCC(O)CC3)ncc2cc1-c1ccccc1Cl. The monoisotopic (exact) mass is 800 g/mol. The number of aromatic nitrogens is 6. The Morgan fingerprint density at radius 2 is 1.09 bits per heavy atom. The molecule has 294 valence electrons. The van der Waals surface area contributed by atoms with Crippen molar-refractivity contribution in [3.63, 3.8) is 0 Å². The van der Waals surface area contributed by atoms with E-state index >= 15 is 0 Å². The number of carbonyl (C=O) groups excluding carboxylic acids is 1. The lowest BCUT2D eigenvalue weighted by molar-refractivity contribution is -0.134. The van der Waals surface area contributed by atoms with Gasteiger partial charge in [-0.05, 0) is 75.6 Å². The Morgan fingerprint density at radius 1 is 0.661 bits per heavy atom. The van der Waals surface area contributed by atoms with Crippen LogP contribution in [-0.2, 0) is 9.53 Å². The molecule has 0 aliphatic heterocycles. The first kappa shape index (κ1) is 41.8. The highest BCUT2D eigenvalue weighted by molar-refractivity contribution is 6.33. The largest absolute Gasteiger partial charge is 0.465 e. The smallest absolute Gasteiger partial charge is 0.293 e. The minimum Gasteiger partial charge on any atom is -0.465 e. The molecule has 2 aliphatic rings. The van der Waals surface area contributed by atoms with Crippen molar-refractivity contribution in [3.05, 3.63) is 104 Å². The average molecular weight is 802 g/mol. The van der Waals surface area contributed by atoms with Gasteiger partial charge in [-0.3, -0.25) is 14.4 Å². The van der Waals surface area contributed by atoms with Crippen molar-refractivity contribution in [1.29, 1.82) is 0 Å². The summed E-state index contributed by atoms with van der Waals surface area (Å²) in [5.74, 6) is 0.952. The molecule has 2 saturated carbocycles. The number of pyridine rings is 2. The zero-order valence-electron chi connectivity index (χ0n) is 29.1. The van der Waals surface area contributed by atoms with Crippen molar-refractivity contribution in [1.82, 2.24) is 29.9 Å². The van der Waals surface area contributed by atoms with Crippen LogP contribution < -0.4 is 21.8 Å². The van der Waals surface area contributed by atoms with E-state index in [1.165, 1.54) is 0 Å². The van der Waals surface area contributed by atoms with E-state index in [1.54, 1.807) is 42.7 Å². The molecule has 0 radical (unpaired) electrons. The van der Waals surface area contributed by atoms with Crippen LogP contribution in [0.3, 0.4) is 0 Å². The molecule has 0 bridgehead atoms. The summed E-state index contributed by atoms with van der Waals surface area (Å²) in [6, 6.07) is 18.4. The summed E-state index contributed by atoms with van der Waals surface area (Å²) in [6.45, 7) is 0.512. The second kappa shape index (κ2) is 19.0. The number of nitrogens with zero attached hydrogens (tertiary/aromatic N) is 4. The van der Waals surface area contributed by atoms with E-state index in [4.69, 9.17) is 27.9 Å². The number of hydrogen-bond acceptors (Lipinski definition) is 11. The number of fused-ring (bicyclic) bond motifs is 2. The number of ether oxygens (including phenoxy) is 1. The van der Waals surface area contributed by atoms with Crippen molar-refractivity contribution in [2.45, 2.75) is 90.5 Å². The number of aromatic amines is 2. The lowest BCUT2D eigenvalue weighted by Crippen LogP contribution is -2.30. The molecule has 15 heteroatoms. The molecular weight excluding hydrogens is 755 g/mol. The fourth-order valence-electron chi connectivity index (χ4n) is 6.89. The van der Waals surface area contributed by atoms with E-state index < -0.39 is 0 Å². The molecule has 0 saturated heterocycles. The van der Waals surface area contributed by atoms with E-state index in [-0.39, 0.29) is 50.3 Å². The number of H-pyrrole nitrogens is 2. The maximum absolute atomic E-state index is 12.5. The van der Waals surface area contributed by atoms with Crippen LogP contribution >= 0.6 is 23.2 Å². The number of carbonyl (C=O) groups is 1. The van der Waals surface area contributed by atoms with Crippen LogP contribution in [0.5, 0.6) is 0 Å². The zero-order valence-corrected chi connectivity index (χ0v) is 30.6. The second-order valence-electron chi connectivity index (χ2n) is 13.5.